The highest BCUT2D eigenvalue weighted by atomic mass is 16.5. The van der Waals surface area contributed by atoms with Crippen LogP contribution in [0.4, 0.5) is 0 Å². The predicted octanol–water partition coefficient (Wildman–Crippen LogP) is 3.45. The van der Waals surface area contributed by atoms with Crippen molar-refractivity contribution in [2.45, 2.75) is 19.3 Å². The van der Waals surface area contributed by atoms with E-state index in [4.69, 9.17) is 20.0 Å². The van der Waals surface area contributed by atoms with Crippen LogP contribution in [0.15, 0.2) is 42.6 Å². The molecule has 1 aromatic carbocycles. The third kappa shape index (κ3) is 5.68. The molecule has 0 radical (unpaired) electrons. The topological polar surface area (TPSA) is 78.9 Å². The number of aromatic nitrogens is 1. The fraction of sp³-hybridized carbons (Fsp3) is 0.278. The Balaban J connectivity index is 1.55. The Hall–Kier alpha value is -3.05. The van der Waals surface area contributed by atoms with Crippen molar-refractivity contribution in [3.63, 3.8) is 0 Å². The molecule has 2 aromatic rings. The van der Waals surface area contributed by atoms with Gasteiger partial charge in [0.1, 0.15) is 23.3 Å². The highest BCUT2D eigenvalue weighted by Gasteiger charge is 1.98. The van der Waals surface area contributed by atoms with E-state index in [9.17, 15) is 0 Å². The van der Waals surface area contributed by atoms with Crippen molar-refractivity contribution in [3.8, 4) is 23.6 Å². The zero-order valence-corrected chi connectivity index (χ0v) is 12.7. The fourth-order valence-corrected chi connectivity index (χ4v) is 1.92. The molecule has 0 saturated heterocycles. The van der Waals surface area contributed by atoms with E-state index in [1.165, 1.54) is 0 Å². The lowest BCUT2D eigenvalue weighted by atomic mass is 10.2. The third-order valence-electron chi connectivity index (χ3n) is 3.16. The Morgan fingerprint density at radius 1 is 0.783 bits per heavy atom. The third-order valence-corrected chi connectivity index (χ3v) is 3.16. The van der Waals surface area contributed by atoms with Crippen molar-refractivity contribution in [1.29, 1.82) is 10.5 Å². The van der Waals surface area contributed by atoms with Crippen LogP contribution in [0.2, 0.25) is 0 Å². The number of unbranched alkanes of at least 4 members (excludes halogenated alkanes) is 2. The summed E-state index contributed by atoms with van der Waals surface area (Å²) >= 11 is 0. The summed E-state index contributed by atoms with van der Waals surface area (Å²) in [6.45, 7) is 1.26. The van der Waals surface area contributed by atoms with Crippen molar-refractivity contribution in [2.75, 3.05) is 13.2 Å². The van der Waals surface area contributed by atoms with Crippen LogP contribution in [-0.4, -0.2) is 18.2 Å². The smallest absolute Gasteiger partial charge is 0.140 e. The number of benzene rings is 1. The Kier molecular flexibility index (Phi) is 6.43. The summed E-state index contributed by atoms with van der Waals surface area (Å²) in [7, 11) is 0. The van der Waals surface area contributed by atoms with Crippen LogP contribution in [0.3, 0.4) is 0 Å². The normalized spacial score (nSPS) is 9.65. The highest BCUT2D eigenvalue weighted by Crippen LogP contribution is 2.13. The van der Waals surface area contributed by atoms with Gasteiger partial charge in [0.05, 0.1) is 31.0 Å². The Morgan fingerprint density at radius 2 is 1.43 bits per heavy atom. The van der Waals surface area contributed by atoms with Gasteiger partial charge in [0.25, 0.3) is 0 Å². The molecule has 1 heterocycles. The average Bonchev–Trinajstić information content (AvgIpc) is 2.62. The Bertz CT molecular complexity index is 621. The summed E-state index contributed by atoms with van der Waals surface area (Å²) < 4.78 is 11.2. The van der Waals surface area contributed by atoms with Gasteiger partial charge in [0, 0.05) is 0 Å². The first-order valence-corrected chi connectivity index (χ1v) is 7.44. The number of hydrogen-bond donors (Lipinski definition) is 0. The van der Waals surface area contributed by atoms with Crippen molar-refractivity contribution < 1.29 is 9.47 Å². The van der Waals surface area contributed by atoms with E-state index in [-0.39, 0.29) is 0 Å². The van der Waals surface area contributed by atoms with E-state index < -0.39 is 0 Å². The molecule has 0 aliphatic rings. The van der Waals surface area contributed by atoms with Crippen LogP contribution in [-0.2, 0) is 0 Å². The summed E-state index contributed by atoms with van der Waals surface area (Å²) in [6.07, 6.45) is 4.43. The molecule has 5 heteroatoms. The van der Waals surface area contributed by atoms with Crippen molar-refractivity contribution >= 4 is 0 Å². The molecule has 0 saturated carbocycles. The Labute approximate surface area is 135 Å². The van der Waals surface area contributed by atoms with E-state index >= 15 is 0 Å². The van der Waals surface area contributed by atoms with E-state index in [1.807, 2.05) is 6.07 Å². The van der Waals surface area contributed by atoms with E-state index in [0.29, 0.717) is 30.2 Å². The van der Waals surface area contributed by atoms with Gasteiger partial charge in [-0.05, 0) is 55.7 Å². The lowest BCUT2D eigenvalue weighted by molar-refractivity contribution is 0.279. The van der Waals surface area contributed by atoms with Gasteiger partial charge in [0.15, 0.2) is 0 Å². The molecule has 23 heavy (non-hydrogen) atoms. The van der Waals surface area contributed by atoms with Gasteiger partial charge in [-0.1, -0.05) is 0 Å². The van der Waals surface area contributed by atoms with Crippen molar-refractivity contribution in [2.24, 2.45) is 0 Å². The molecule has 0 amide bonds. The minimum atomic E-state index is 0.386. The maximum Gasteiger partial charge on any atom is 0.140 e. The molecule has 0 bridgehead atoms. The number of rotatable bonds is 8. The monoisotopic (exact) mass is 307 g/mol. The lowest BCUT2D eigenvalue weighted by Crippen LogP contribution is -2.01. The minimum absolute atomic E-state index is 0.386. The molecule has 0 unspecified atom stereocenters. The van der Waals surface area contributed by atoms with Crippen molar-refractivity contribution in [3.05, 3.63) is 53.9 Å². The van der Waals surface area contributed by atoms with Gasteiger partial charge in [-0.3, -0.25) is 0 Å². The molecule has 0 N–H and O–H groups in total. The molecule has 0 fully saturated rings. The van der Waals surface area contributed by atoms with Gasteiger partial charge in [0.2, 0.25) is 0 Å². The molecule has 1 aromatic heterocycles. The summed E-state index contributed by atoms with van der Waals surface area (Å²) in [6, 6.07) is 14.5. The molecular formula is C18H17N3O2. The molecule has 5 nitrogen and oxygen atoms in total. The predicted molar refractivity (Wildman–Crippen MR) is 85.0 cm³/mol. The first-order chi connectivity index (χ1) is 11.3. The van der Waals surface area contributed by atoms with Crippen LogP contribution < -0.4 is 9.47 Å². The van der Waals surface area contributed by atoms with E-state index in [2.05, 4.69) is 11.1 Å². The molecule has 0 atom stereocenters. The second kappa shape index (κ2) is 9.07. The van der Waals surface area contributed by atoms with E-state index in [1.54, 1.807) is 42.6 Å². The minimum Gasteiger partial charge on any atom is -0.494 e. The van der Waals surface area contributed by atoms with Crippen LogP contribution in [0.5, 0.6) is 11.5 Å². The van der Waals surface area contributed by atoms with Crippen LogP contribution >= 0.6 is 0 Å². The number of ether oxygens (including phenoxy) is 2. The fourth-order valence-electron chi connectivity index (χ4n) is 1.92. The first-order valence-electron chi connectivity index (χ1n) is 7.44. The lowest BCUT2D eigenvalue weighted by Gasteiger charge is -2.07. The standard InChI is InChI=1S/C18H17N3O2/c19-12-15-4-7-17(8-5-15)22-10-2-1-3-11-23-18-9-6-16(13-20)21-14-18/h4-9,14H,1-3,10-11H2. The molecule has 0 aliphatic carbocycles. The van der Waals surface area contributed by atoms with Gasteiger partial charge >= 0.3 is 0 Å². The molecule has 2 rings (SSSR count). The molecule has 0 spiro atoms. The van der Waals surface area contributed by atoms with Crippen LogP contribution in [0.1, 0.15) is 30.5 Å². The summed E-state index contributed by atoms with van der Waals surface area (Å²) in [5, 5.41) is 17.4. The van der Waals surface area contributed by atoms with Gasteiger partial charge < -0.3 is 9.47 Å². The maximum absolute atomic E-state index is 8.71. The number of nitrogens with zero attached hydrogens (tertiary/aromatic N) is 3. The highest BCUT2D eigenvalue weighted by molar-refractivity contribution is 5.34. The second-order valence-corrected chi connectivity index (χ2v) is 4.88. The summed E-state index contributed by atoms with van der Waals surface area (Å²) in [5.74, 6) is 1.46. The zero-order valence-electron chi connectivity index (χ0n) is 12.7. The SMILES string of the molecule is N#Cc1ccc(OCCCCCOc2ccc(C#N)nc2)cc1. The second-order valence-electron chi connectivity index (χ2n) is 4.88. The number of hydrogen-bond acceptors (Lipinski definition) is 5. The maximum atomic E-state index is 8.71. The zero-order chi connectivity index (χ0) is 16.3. The van der Waals surface area contributed by atoms with Crippen molar-refractivity contribution in [1.82, 2.24) is 4.98 Å². The summed E-state index contributed by atoms with van der Waals surface area (Å²) in [5.41, 5.74) is 1.02. The molecule has 116 valence electrons. The Morgan fingerprint density at radius 3 is 2.00 bits per heavy atom. The quantitative estimate of drug-likeness (QED) is 0.698. The van der Waals surface area contributed by atoms with Gasteiger partial charge in [-0.25, -0.2) is 4.98 Å². The largest absolute Gasteiger partial charge is 0.494 e. The van der Waals surface area contributed by atoms with Crippen LogP contribution in [0.25, 0.3) is 0 Å². The molecular weight excluding hydrogens is 290 g/mol. The summed E-state index contributed by atoms with van der Waals surface area (Å²) in [4.78, 5) is 3.95. The number of nitriles is 2. The first kappa shape index (κ1) is 16.3. The molecule has 0 aliphatic heterocycles. The average molecular weight is 307 g/mol. The van der Waals surface area contributed by atoms with E-state index in [0.717, 1.165) is 25.0 Å². The van der Waals surface area contributed by atoms with Gasteiger partial charge in [-0.15, -0.1) is 0 Å². The van der Waals surface area contributed by atoms with Crippen LogP contribution in [0, 0.1) is 22.7 Å². The van der Waals surface area contributed by atoms with Gasteiger partial charge in [-0.2, -0.15) is 10.5 Å². The number of pyridine rings is 1.